The highest BCUT2D eigenvalue weighted by Gasteiger charge is 2.29. The molecule has 0 saturated heterocycles. The molecule has 0 aliphatic heterocycles. The molecule has 4 rings (SSSR count). The summed E-state index contributed by atoms with van der Waals surface area (Å²) in [7, 11) is 1.19. The van der Waals surface area contributed by atoms with Gasteiger partial charge in [-0.1, -0.05) is 60.7 Å². The SMILES string of the molecule is COC(=O)CC(NC(=O)NNC(=O)OCC1c2ccccc2-c2ccccc21)c1cccc([N+](=O)[O-])c1. The van der Waals surface area contributed by atoms with Crippen LogP contribution in [0, 0.1) is 10.1 Å². The van der Waals surface area contributed by atoms with E-state index in [1.165, 1.54) is 31.4 Å². The van der Waals surface area contributed by atoms with Gasteiger partial charge in [-0.15, -0.1) is 0 Å². The highest BCUT2D eigenvalue weighted by molar-refractivity contribution is 5.80. The number of nitro benzene ring substituents is 1. The van der Waals surface area contributed by atoms with E-state index in [-0.39, 0.29) is 24.6 Å². The van der Waals surface area contributed by atoms with Gasteiger partial charge in [0.25, 0.3) is 5.69 Å². The fourth-order valence-electron chi connectivity index (χ4n) is 4.29. The van der Waals surface area contributed by atoms with Gasteiger partial charge in [0.15, 0.2) is 0 Å². The van der Waals surface area contributed by atoms with Crippen LogP contribution >= 0.6 is 0 Å². The second kappa shape index (κ2) is 11.2. The molecule has 3 aromatic carbocycles. The van der Waals surface area contributed by atoms with E-state index < -0.39 is 29.1 Å². The summed E-state index contributed by atoms with van der Waals surface area (Å²) in [5, 5.41) is 13.6. The van der Waals surface area contributed by atoms with Crippen LogP contribution in [-0.2, 0) is 14.3 Å². The van der Waals surface area contributed by atoms with Crippen molar-refractivity contribution < 1.29 is 28.8 Å². The van der Waals surface area contributed by atoms with Crippen molar-refractivity contribution >= 4 is 23.8 Å². The minimum Gasteiger partial charge on any atom is -0.469 e. The molecule has 11 nitrogen and oxygen atoms in total. The first kappa shape index (κ1) is 25.2. The van der Waals surface area contributed by atoms with Crippen molar-refractivity contribution in [2.75, 3.05) is 13.7 Å². The van der Waals surface area contributed by atoms with Gasteiger partial charge in [0.1, 0.15) is 6.61 Å². The van der Waals surface area contributed by atoms with Crippen molar-refractivity contribution in [2.45, 2.75) is 18.4 Å². The summed E-state index contributed by atoms with van der Waals surface area (Å²) in [6.07, 6.45) is -1.16. The minimum absolute atomic E-state index is 0.0573. The average molecular weight is 504 g/mol. The van der Waals surface area contributed by atoms with Crippen LogP contribution in [0.25, 0.3) is 11.1 Å². The van der Waals surface area contributed by atoms with Gasteiger partial charge in [-0.3, -0.25) is 14.9 Å². The Labute approximate surface area is 211 Å². The lowest BCUT2D eigenvalue weighted by Gasteiger charge is -2.19. The number of benzene rings is 3. The van der Waals surface area contributed by atoms with Gasteiger partial charge in [0, 0.05) is 18.1 Å². The summed E-state index contributed by atoms with van der Waals surface area (Å²) in [5.74, 6) is -0.786. The van der Waals surface area contributed by atoms with Gasteiger partial charge in [0.2, 0.25) is 0 Å². The van der Waals surface area contributed by atoms with Gasteiger partial charge in [0.05, 0.1) is 24.5 Å². The lowest BCUT2D eigenvalue weighted by Crippen LogP contribution is -2.48. The molecule has 0 radical (unpaired) electrons. The number of esters is 1. The van der Waals surface area contributed by atoms with Gasteiger partial charge in [-0.2, -0.15) is 0 Å². The Kier molecular flexibility index (Phi) is 7.62. The van der Waals surface area contributed by atoms with Crippen LogP contribution in [0.3, 0.4) is 0 Å². The molecule has 0 fully saturated rings. The van der Waals surface area contributed by atoms with Gasteiger partial charge < -0.3 is 14.8 Å². The Morgan fingerprint density at radius 1 is 0.946 bits per heavy atom. The predicted octanol–water partition coefficient (Wildman–Crippen LogP) is 3.95. The lowest BCUT2D eigenvalue weighted by molar-refractivity contribution is -0.384. The Bertz CT molecular complexity index is 1300. The predicted molar refractivity (Wildman–Crippen MR) is 132 cm³/mol. The number of ether oxygens (including phenoxy) is 2. The number of fused-ring (bicyclic) bond motifs is 3. The number of non-ortho nitro benzene ring substituents is 1. The number of hydrazine groups is 1. The fourth-order valence-corrected chi connectivity index (χ4v) is 4.29. The van der Waals surface area contributed by atoms with Crippen molar-refractivity contribution in [3.63, 3.8) is 0 Å². The summed E-state index contributed by atoms with van der Waals surface area (Å²) in [5.41, 5.74) is 8.70. The average Bonchev–Trinajstić information content (AvgIpc) is 3.24. The topological polar surface area (TPSA) is 149 Å². The molecule has 3 amide bonds. The lowest BCUT2D eigenvalue weighted by atomic mass is 9.98. The van der Waals surface area contributed by atoms with Crippen LogP contribution in [0.5, 0.6) is 0 Å². The van der Waals surface area contributed by atoms with Gasteiger partial charge in [-0.05, 0) is 27.8 Å². The molecule has 0 heterocycles. The molecule has 1 aliphatic carbocycles. The Morgan fingerprint density at radius 2 is 1.59 bits per heavy atom. The highest BCUT2D eigenvalue weighted by atomic mass is 16.6. The third kappa shape index (κ3) is 5.84. The molecule has 1 unspecified atom stereocenters. The summed E-state index contributed by atoms with van der Waals surface area (Å²) in [6.45, 7) is 0.0573. The second-order valence-electron chi connectivity index (χ2n) is 8.23. The molecule has 3 aromatic rings. The summed E-state index contributed by atoms with van der Waals surface area (Å²) in [6, 6.07) is 19.5. The summed E-state index contributed by atoms with van der Waals surface area (Å²) in [4.78, 5) is 47.1. The molecule has 0 bridgehead atoms. The maximum Gasteiger partial charge on any atom is 0.426 e. The third-order valence-corrected chi connectivity index (χ3v) is 6.01. The van der Waals surface area contributed by atoms with Crippen LogP contribution in [0.15, 0.2) is 72.8 Å². The normalized spacial score (nSPS) is 12.5. The van der Waals surface area contributed by atoms with Crippen molar-refractivity contribution in [1.82, 2.24) is 16.2 Å². The molecule has 0 spiro atoms. The number of carbonyl (C=O) groups excluding carboxylic acids is 3. The Hall–Kier alpha value is -4.93. The van der Waals surface area contributed by atoms with Crippen LogP contribution < -0.4 is 16.2 Å². The summed E-state index contributed by atoms with van der Waals surface area (Å²) < 4.78 is 10.0. The molecule has 11 heteroatoms. The van der Waals surface area contributed by atoms with Crippen molar-refractivity contribution in [1.29, 1.82) is 0 Å². The van der Waals surface area contributed by atoms with Gasteiger partial charge >= 0.3 is 18.1 Å². The third-order valence-electron chi connectivity index (χ3n) is 6.01. The van der Waals surface area contributed by atoms with Crippen LogP contribution in [0.2, 0.25) is 0 Å². The molecule has 3 N–H and O–H groups in total. The zero-order valence-corrected chi connectivity index (χ0v) is 19.8. The second-order valence-corrected chi connectivity index (χ2v) is 8.23. The van der Waals surface area contributed by atoms with Crippen molar-refractivity contribution in [2.24, 2.45) is 0 Å². The molecule has 1 atom stereocenters. The zero-order chi connectivity index (χ0) is 26.4. The summed E-state index contributed by atoms with van der Waals surface area (Å²) >= 11 is 0. The largest absolute Gasteiger partial charge is 0.469 e. The minimum atomic E-state index is -0.948. The number of hydrogen-bond acceptors (Lipinski definition) is 7. The van der Waals surface area contributed by atoms with Crippen LogP contribution in [0.1, 0.15) is 35.1 Å². The number of rotatable bonds is 7. The quantitative estimate of drug-likeness (QED) is 0.251. The molecule has 0 saturated carbocycles. The Morgan fingerprint density at radius 3 is 2.22 bits per heavy atom. The van der Waals surface area contributed by atoms with E-state index in [0.29, 0.717) is 5.56 Å². The monoisotopic (exact) mass is 504 g/mol. The smallest absolute Gasteiger partial charge is 0.426 e. The first-order valence-electron chi connectivity index (χ1n) is 11.4. The Balaban J connectivity index is 1.35. The standard InChI is InChI=1S/C26H24N4O7/c1-36-24(31)14-23(16-7-6-8-17(13-16)30(34)35)27-25(32)28-29-26(33)37-15-22-20-11-4-2-9-18(20)19-10-3-5-12-21(19)22/h2-13,22-23H,14-15H2,1H3,(H,29,33)(H2,27,28,32). The molecule has 37 heavy (non-hydrogen) atoms. The van der Waals surface area contributed by atoms with E-state index in [9.17, 15) is 24.5 Å². The van der Waals surface area contributed by atoms with E-state index in [1.54, 1.807) is 0 Å². The van der Waals surface area contributed by atoms with E-state index in [2.05, 4.69) is 20.9 Å². The number of carbonyl (C=O) groups is 3. The fraction of sp³-hybridized carbons (Fsp3) is 0.192. The number of methoxy groups -OCH3 is 1. The molecule has 190 valence electrons. The van der Waals surface area contributed by atoms with Crippen molar-refractivity contribution in [3.05, 3.63) is 99.6 Å². The number of nitrogens with zero attached hydrogens (tertiary/aromatic N) is 1. The van der Waals surface area contributed by atoms with Crippen molar-refractivity contribution in [3.8, 4) is 11.1 Å². The highest BCUT2D eigenvalue weighted by Crippen LogP contribution is 2.44. The molecule has 1 aliphatic rings. The maximum absolute atomic E-state index is 12.4. The molecule has 0 aromatic heterocycles. The maximum atomic E-state index is 12.4. The molecular formula is C26H24N4O7. The number of hydrogen-bond donors (Lipinski definition) is 3. The van der Waals surface area contributed by atoms with Crippen LogP contribution in [-0.4, -0.2) is 36.7 Å². The van der Waals surface area contributed by atoms with E-state index in [1.807, 2.05) is 48.5 Å². The zero-order valence-electron chi connectivity index (χ0n) is 19.8. The number of nitrogens with one attached hydrogen (secondary N) is 3. The van der Waals surface area contributed by atoms with E-state index in [0.717, 1.165) is 22.3 Å². The van der Waals surface area contributed by atoms with E-state index >= 15 is 0 Å². The number of nitro groups is 1. The van der Waals surface area contributed by atoms with Crippen LogP contribution in [0.4, 0.5) is 15.3 Å². The molecular weight excluding hydrogens is 480 g/mol. The first-order valence-corrected chi connectivity index (χ1v) is 11.4. The number of amides is 3. The number of urea groups is 1. The first-order chi connectivity index (χ1) is 17.9. The van der Waals surface area contributed by atoms with E-state index in [4.69, 9.17) is 4.74 Å². The van der Waals surface area contributed by atoms with Gasteiger partial charge in [-0.25, -0.2) is 20.4 Å².